The van der Waals surface area contributed by atoms with Crippen molar-refractivity contribution >= 4 is 19.9 Å². The molecular formula is C14H22N2O4S2. The molecule has 1 saturated heterocycles. The van der Waals surface area contributed by atoms with Crippen LogP contribution >= 0.6 is 0 Å². The van der Waals surface area contributed by atoms with E-state index in [2.05, 4.69) is 0 Å². The van der Waals surface area contributed by atoms with Crippen LogP contribution in [0.1, 0.15) is 26.2 Å². The maximum Gasteiger partial charge on any atom is 0.243 e. The van der Waals surface area contributed by atoms with E-state index in [1.807, 2.05) is 6.92 Å². The van der Waals surface area contributed by atoms with Gasteiger partial charge >= 0.3 is 0 Å². The van der Waals surface area contributed by atoms with Gasteiger partial charge in [0, 0.05) is 24.9 Å². The van der Waals surface area contributed by atoms with Gasteiger partial charge in [0.05, 0.1) is 9.79 Å². The van der Waals surface area contributed by atoms with Crippen LogP contribution in [0.25, 0.3) is 0 Å². The summed E-state index contributed by atoms with van der Waals surface area (Å²) < 4.78 is 49.9. The molecule has 22 heavy (non-hydrogen) atoms. The van der Waals surface area contributed by atoms with Crippen LogP contribution in [0, 0.1) is 0 Å². The summed E-state index contributed by atoms with van der Waals surface area (Å²) >= 11 is 0. The highest BCUT2D eigenvalue weighted by Gasteiger charge is 2.35. The summed E-state index contributed by atoms with van der Waals surface area (Å²) in [6.07, 6.45) is 3.61. The van der Waals surface area contributed by atoms with Crippen LogP contribution < -0.4 is 5.73 Å². The average molecular weight is 346 g/mol. The lowest BCUT2D eigenvalue weighted by atomic mass is 10.00. The molecule has 1 aliphatic heterocycles. The summed E-state index contributed by atoms with van der Waals surface area (Å²) in [6, 6.07) is 4.88. The van der Waals surface area contributed by atoms with Gasteiger partial charge in [-0.05, 0) is 44.0 Å². The molecular weight excluding hydrogens is 324 g/mol. The van der Waals surface area contributed by atoms with Crippen molar-refractivity contribution in [3.63, 3.8) is 0 Å². The lowest BCUT2D eigenvalue weighted by Gasteiger charge is -2.36. The van der Waals surface area contributed by atoms with E-state index in [1.165, 1.54) is 28.6 Å². The molecule has 1 heterocycles. The molecule has 1 fully saturated rings. The van der Waals surface area contributed by atoms with E-state index >= 15 is 0 Å². The third-order valence-electron chi connectivity index (χ3n) is 3.96. The van der Waals surface area contributed by atoms with Gasteiger partial charge < -0.3 is 5.73 Å². The van der Waals surface area contributed by atoms with Gasteiger partial charge in [0.15, 0.2) is 9.84 Å². The van der Waals surface area contributed by atoms with Gasteiger partial charge in [0.25, 0.3) is 0 Å². The number of hydrogen-bond acceptors (Lipinski definition) is 5. The highest BCUT2D eigenvalue weighted by atomic mass is 32.2. The van der Waals surface area contributed by atoms with Crippen molar-refractivity contribution in [1.82, 2.24) is 4.31 Å². The molecule has 1 aromatic rings. The molecule has 0 radical (unpaired) electrons. The molecule has 0 unspecified atom stereocenters. The van der Waals surface area contributed by atoms with E-state index in [-0.39, 0.29) is 21.9 Å². The normalized spacial score (nSPS) is 22.4. The Balaban J connectivity index is 2.37. The molecule has 0 aliphatic carbocycles. The minimum absolute atomic E-state index is 0.104. The summed E-state index contributed by atoms with van der Waals surface area (Å²) in [5.41, 5.74) is 5.93. The van der Waals surface area contributed by atoms with Gasteiger partial charge in [0.1, 0.15) is 0 Å². The second-order valence-corrected chi connectivity index (χ2v) is 9.69. The van der Waals surface area contributed by atoms with Crippen molar-refractivity contribution in [2.24, 2.45) is 5.73 Å². The zero-order valence-corrected chi connectivity index (χ0v) is 14.4. The number of nitrogens with zero attached hydrogens (tertiary/aromatic N) is 1. The summed E-state index contributed by atoms with van der Waals surface area (Å²) in [5, 5.41) is 0. The lowest BCUT2D eigenvalue weighted by Crippen LogP contribution is -2.51. The zero-order valence-electron chi connectivity index (χ0n) is 12.8. The number of rotatable bonds is 4. The van der Waals surface area contributed by atoms with Gasteiger partial charge in [-0.1, -0.05) is 6.42 Å². The first-order chi connectivity index (χ1) is 10.1. The quantitative estimate of drug-likeness (QED) is 0.876. The summed E-state index contributed by atoms with van der Waals surface area (Å²) in [6.45, 7) is 2.26. The van der Waals surface area contributed by atoms with Crippen molar-refractivity contribution in [2.75, 3.05) is 12.8 Å². The van der Waals surface area contributed by atoms with Crippen LogP contribution in [0.15, 0.2) is 34.1 Å². The number of piperidine rings is 1. The van der Waals surface area contributed by atoms with Gasteiger partial charge in [-0.25, -0.2) is 16.8 Å². The fourth-order valence-electron chi connectivity index (χ4n) is 2.75. The minimum atomic E-state index is -3.66. The Hall–Kier alpha value is -0.960. The molecule has 0 spiro atoms. The highest BCUT2D eigenvalue weighted by Crippen LogP contribution is 2.27. The second-order valence-electron chi connectivity index (χ2n) is 5.78. The standard InChI is InChI=1S/C14H22N2O4S2/c1-11(15)14-5-3-4-10-16(14)22(19,20)13-8-6-12(7-9-13)21(2,17)18/h6-9,11,14H,3-5,10,15H2,1-2H3/t11-,14+/m1/s1. The van der Waals surface area contributed by atoms with Crippen molar-refractivity contribution in [3.8, 4) is 0 Å². The number of nitrogens with two attached hydrogens (primary N) is 1. The molecule has 124 valence electrons. The van der Waals surface area contributed by atoms with Crippen LogP contribution in [-0.2, 0) is 19.9 Å². The van der Waals surface area contributed by atoms with Gasteiger partial charge in [-0.2, -0.15) is 4.31 Å². The van der Waals surface area contributed by atoms with E-state index in [1.54, 1.807) is 0 Å². The summed E-state index contributed by atoms with van der Waals surface area (Å²) in [4.78, 5) is 0.210. The van der Waals surface area contributed by atoms with E-state index in [4.69, 9.17) is 5.73 Å². The third kappa shape index (κ3) is 3.51. The third-order valence-corrected chi connectivity index (χ3v) is 7.03. The summed E-state index contributed by atoms with van der Waals surface area (Å²) in [7, 11) is -7.00. The minimum Gasteiger partial charge on any atom is -0.326 e. The Labute approximate surface area is 132 Å². The fourth-order valence-corrected chi connectivity index (χ4v) is 5.15. The molecule has 0 aromatic heterocycles. The van der Waals surface area contributed by atoms with Gasteiger partial charge in [-0.3, -0.25) is 0 Å². The molecule has 2 rings (SSSR count). The van der Waals surface area contributed by atoms with Crippen molar-refractivity contribution in [2.45, 2.75) is 48.1 Å². The first-order valence-electron chi connectivity index (χ1n) is 7.21. The van der Waals surface area contributed by atoms with Crippen LogP contribution in [-0.4, -0.2) is 46.0 Å². The van der Waals surface area contributed by atoms with Crippen LogP contribution in [0.4, 0.5) is 0 Å². The van der Waals surface area contributed by atoms with Crippen LogP contribution in [0.3, 0.4) is 0 Å². The topological polar surface area (TPSA) is 97.5 Å². The van der Waals surface area contributed by atoms with E-state index in [9.17, 15) is 16.8 Å². The van der Waals surface area contributed by atoms with Crippen molar-refractivity contribution in [1.29, 1.82) is 0 Å². The van der Waals surface area contributed by atoms with Gasteiger partial charge in [-0.15, -0.1) is 0 Å². The average Bonchev–Trinajstić information content (AvgIpc) is 2.46. The molecule has 0 amide bonds. The van der Waals surface area contributed by atoms with Gasteiger partial charge in [0.2, 0.25) is 10.0 Å². The lowest BCUT2D eigenvalue weighted by molar-refractivity contribution is 0.227. The van der Waals surface area contributed by atoms with Crippen molar-refractivity contribution < 1.29 is 16.8 Å². The maximum absolute atomic E-state index is 12.8. The molecule has 1 aliphatic rings. The second kappa shape index (κ2) is 6.27. The molecule has 8 heteroatoms. The number of hydrogen-bond donors (Lipinski definition) is 1. The maximum atomic E-state index is 12.8. The summed E-state index contributed by atoms with van der Waals surface area (Å²) in [5.74, 6) is 0. The van der Waals surface area contributed by atoms with E-state index in [0.717, 1.165) is 25.5 Å². The predicted octanol–water partition coefficient (Wildman–Crippen LogP) is 0.980. The van der Waals surface area contributed by atoms with E-state index in [0.29, 0.717) is 6.54 Å². The SMILES string of the molecule is C[C@@H](N)[C@@H]1CCCCN1S(=O)(=O)c1ccc(S(C)(=O)=O)cc1. The number of sulfonamides is 1. The zero-order chi connectivity index (χ0) is 16.5. The Bertz CT molecular complexity index is 725. The van der Waals surface area contributed by atoms with Crippen LogP contribution in [0.5, 0.6) is 0 Å². The predicted molar refractivity (Wildman–Crippen MR) is 84.7 cm³/mol. The monoisotopic (exact) mass is 346 g/mol. The molecule has 0 saturated carbocycles. The molecule has 6 nitrogen and oxygen atoms in total. The number of benzene rings is 1. The smallest absolute Gasteiger partial charge is 0.243 e. The Morgan fingerprint density at radius 3 is 2.14 bits per heavy atom. The molecule has 2 N–H and O–H groups in total. The van der Waals surface area contributed by atoms with E-state index < -0.39 is 19.9 Å². The Kier molecular flexibility index (Phi) is 4.96. The molecule has 2 atom stereocenters. The van der Waals surface area contributed by atoms with Crippen molar-refractivity contribution in [3.05, 3.63) is 24.3 Å². The first kappa shape index (κ1) is 17.4. The highest BCUT2D eigenvalue weighted by molar-refractivity contribution is 7.90. The largest absolute Gasteiger partial charge is 0.326 e. The van der Waals surface area contributed by atoms with Crippen LogP contribution in [0.2, 0.25) is 0 Å². The number of sulfone groups is 1. The molecule has 1 aromatic carbocycles. The first-order valence-corrected chi connectivity index (χ1v) is 10.5. The molecule has 0 bridgehead atoms. The fraction of sp³-hybridized carbons (Fsp3) is 0.571. The Morgan fingerprint density at radius 2 is 1.64 bits per heavy atom. The Morgan fingerprint density at radius 1 is 1.09 bits per heavy atom.